The largest absolute Gasteiger partial charge is 0.459 e. The Morgan fingerprint density at radius 3 is 1.98 bits per heavy atom. The van der Waals surface area contributed by atoms with Gasteiger partial charge in [0.2, 0.25) is 5.60 Å². The Hall–Kier alpha value is -5.61. The molecule has 4 atom stereocenters. The van der Waals surface area contributed by atoms with Gasteiger partial charge in [0.15, 0.2) is 12.3 Å². The highest BCUT2D eigenvalue weighted by molar-refractivity contribution is 6.03. The summed E-state index contributed by atoms with van der Waals surface area (Å²) >= 11 is 0. The molecule has 4 aromatic rings. The van der Waals surface area contributed by atoms with Crippen molar-refractivity contribution in [2.45, 2.75) is 63.8 Å². The molecular weight excluding hydrogens is 652 g/mol. The summed E-state index contributed by atoms with van der Waals surface area (Å²) in [6.07, 6.45) is -3.10. The lowest BCUT2D eigenvalue weighted by molar-refractivity contribution is -0.0786. The van der Waals surface area contributed by atoms with Crippen LogP contribution in [0.15, 0.2) is 108 Å². The van der Waals surface area contributed by atoms with Crippen molar-refractivity contribution in [2.75, 3.05) is 18.5 Å². The van der Waals surface area contributed by atoms with Crippen LogP contribution < -0.4 is 11.0 Å². The molecule has 1 saturated heterocycles. The maximum Gasteiger partial charge on any atom is 0.351 e. The zero-order chi connectivity index (χ0) is 36.5. The van der Waals surface area contributed by atoms with E-state index in [0.29, 0.717) is 5.56 Å². The first kappa shape index (κ1) is 36.7. The summed E-state index contributed by atoms with van der Waals surface area (Å²) in [6.45, 7) is 7.84. The number of carbonyl (C=O) groups is 3. The topological polar surface area (TPSA) is 149 Å². The summed E-state index contributed by atoms with van der Waals surface area (Å²) in [4.78, 5) is 58.8. The lowest BCUT2D eigenvalue weighted by atomic mass is 9.94. The highest BCUT2D eigenvalue weighted by Crippen LogP contribution is 2.40. The molecule has 1 aromatic heterocycles. The van der Waals surface area contributed by atoms with Crippen LogP contribution in [0.1, 0.15) is 65.0 Å². The molecule has 0 spiro atoms. The van der Waals surface area contributed by atoms with Gasteiger partial charge in [-0.15, -0.1) is 0 Å². The Labute approximate surface area is 296 Å². The Morgan fingerprint density at radius 2 is 1.43 bits per heavy atom. The van der Waals surface area contributed by atoms with E-state index in [1.807, 2.05) is 27.7 Å². The lowest BCUT2D eigenvalue weighted by Gasteiger charge is -2.30. The van der Waals surface area contributed by atoms with Gasteiger partial charge in [-0.25, -0.2) is 14.4 Å². The molecule has 5 rings (SSSR count). The van der Waals surface area contributed by atoms with Crippen LogP contribution >= 0.6 is 0 Å². The van der Waals surface area contributed by atoms with Crippen LogP contribution in [0, 0.1) is 11.8 Å². The number of hydrogen-bond acceptors (Lipinski definition) is 10. The summed E-state index contributed by atoms with van der Waals surface area (Å²) in [6, 6.07) is 26.4. The van der Waals surface area contributed by atoms with Crippen LogP contribution in [0.25, 0.3) is 0 Å². The molecule has 51 heavy (non-hydrogen) atoms. The van der Waals surface area contributed by atoms with Gasteiger partial charge in [-0.2, -0.15) is 4.98 Å². The molecular formula is C39H40N4O8. The van der Waals surface area contributed by atoms with Crippen molar-refractivity contribution in [3.63, 3.8) is 0 Å². The van der Waals surface area contributed by atoms with E-state index in [0.717, 1.165) is 4.57 Å². The summed E-state index contributed by atoms with van der Waals surface area (Å²) in [7, 11) is 0. The Balaban J connectivity index is 1.53. The van der Waals surface area contributed by atoms with Gasteiger partial charge in [0.25, 0.3) is 5.91 Å². The molecule has 1 unspecified atom stereocenters. The van der Waals surface area contributed by atoms with Crippen molar-refractivity contribution in [1.29, 1.82) is 0 Å². The maximum atomic E-state index is 13.6. The summed E-state index contributed by atoms with van der Waals surface area (Å²) in [5.41, 5.74) is -2.41. The first-order valence-corrected chi connectivity index (χ1v) is 16.5. The molecule has 1 aliphatic rings. The number of hydrogen-bond donors (Lipinski definition) is 2. The number of anilines is 1. The number of esters is 2. The number of rotatable bonds is 11. The molecule has 12 nitrogen and oxygen atoms in total. The van der Waals surface area contributed by atoms with Crippen molar-refractivity contribution in [2.24, 2.45) is 0 Å². The molecule has 1 aliphatic heterocycles. The molecule has 3 aromatic carbocycles. The molecule has 12 heteroatoms. The average Bonchev–Trinajstić information content (AvgIpc) is 3.39. The molecule has 0 radical (unpaired) electrons. The normalized spacial score (nSPS) is 19.7. The Morgan fingerprint density at radius 1 is 0.882 bits per heavy atom. The van der Waals surface area contributed by atoms with Crippen molar-refractivity contribution < 1.29 is 33.7 Å². The molecule has 0 saturated carbocycles. The van der Waals surface area contributed by atoms with Gasteiger partial charge in [-0.05, 0) is 70.2 Å². The first-order chi connectivity index (χ1) is 24.5. The monoisotopic (exact) mass is 692 g/mol. The van der Waals surface area contributed by atoms with Gasteiger partial charge in [0.05, 0.1) is 17.7 Å². The second-order valence-corrected chi connectivity index (χ2v) is 12.5. The zero-order valence-electron chi connectivity index (χ0n) is 28.8. The molecule has 1 fully saturated rings. The lowest BCUT2D eigenvalue weighted by Crippen LogP contribution is -2.50. The van der Waals surface area contributed by atoms with Gasteiger partial charge >= 0.3 is 17.6 Å². The third-order valence-electron chi connectivity index (χ3n) is 8.32. The fourth-order valence-corrected chi connectivity index (χ4v) is 5.71. The summed E-state index contributed by atoms with van der Waals surface area (Å²) < 4.78 is 18.7. The second-order valence-electron chi connectivity index (χ2n) is 12.5. The van der Waals surface area contributed by atoms with Gasteiger partial charge in [0.1, 0.15) is 18.5 Å². The molecule has 1 amide bonds. The number of aromatic nitrogens is 2. The maximum absolute atomic E-state index is 13.6. The van der Waals surface area contributed by atoms with E-state index >= 15 is 0 Å². The Kier molecular flexibility index (Phi) is 11.8. The highest BCUT2D eigenvalue weighted by Gasteiger charge is 2.59. The molecule has 2 N–H and O–H groups in total. The van der Waals surface area contributed by atoms with E-state index in [2.05, 4.69) is 27.0 Å². The third-order valence-corrected chi connectivity index (χ3v) is 8.32. The van der Waals surface area contributed by atoms with Crippen LogP contribution in [-0.4, -0.2) is 80.4 Å². The fourth-order valence-electron chi connectivity index (χ4n) is 5.71. The number of benzene rings is 3. The van der Waals surface area contributed by atoms with Gasteiger partial charge < -0.3 is 24.6 Å². The summed E-state index contributed by atoms with van der Waals surface area (Å²) in [5.74, 6) is 3.89. The van der Waals surface area contributed by atoms with Gasteiger partial charge in [0, 0.05) is 23.8 Å². The minimum absolute atomic E-state index is 0.0392. The van der Waals surface area contributed by atoms with E-state index in [-0.39, 0.29) is 35.6 Å². The number of aliphatic hydroxyl groups is 1. The minimum Gasteiger partial charge on any atom is -0.459 e. The summed E-state index contributed by atoms with van der Waals surface area (Å²) in [5, 5.41) is 15.1. The highest BCUT2D eigenvalue weighted by atomic mass is 16.6. The quantitative estimate of drug-likeness (QED) is 0.172. The minimum atomic E-state index is -2.34. The molecule has 0 bridgehead atoms. The van der Waals surface area contributed by atoms with Crippen molar-refractivity contribution >= 4 is 23.7 Å². The van der Waals surface area contributed by atoms with Gasteiger partial charge in [-0.1, -0.05) is 66.4 Å². The van der Waals surface area contributed by atoms with E-state index in [1.165, 1.54) is 12.3 Å². The van der Waals surface area contributed by atoms with Crippen molar-refractivity contribution in [3.05, 3.63) is 130 Å². The van der Waals surface area contributed by atoms with E-state index in [9.17, 15) is 24.3 Å². The average molecular weight is 693 g/mol. The van der Waals surface area contributed by atoms with E-state index < -0.39 is 54.2 Å². The van der Waals surface area contributed by atoms with Crippen LogP contribution in [-0.2, 0) is 14.2 Å². The number of nitrogens with zero attached hydrogens (tertiary/aromatic N) is 3. The van der Waals surface area contributed by atoms with Crippen molar-refractivity contribution in [1.82, 2.24) is 14.5 Å². The van der Waals surface area contributed by atoms with E-state index in [1.54, 1.807) is 91.0 Å². The predicted molar refractivity (Wildman–Crippen MR) is 189 cm³/mol. The zero-order valence-corrected chi connectivity index (χ0v) is 28.8. The smallest absolute Gasteiger partial charge is 0.351 e. The molecule has 0 aliphatic carbocycles. The number of amides is 1. The second kappa shape index (κ2) is 16.4. The third kappa shape index (κ3) is 8.77. The number of ether oxygens (including phenoxy) is 3. The predicted octanol–water partition coefficient (Wildman–Crippen LogP) is 4.33. The van der Waals surface area contributed by atoms with Crippen LogP contribution in [0.2, 0.25) is 0 Å². The molecule has 2 heterocycles. The van der Waals surface area contributed by atoms with Crippen molar-refractivity contribution in [3.8, 4) is 11.8 Å². The van der Waals surface area contributed by atoms with Gasteiger partial charge in [-0.3, -0.25) is 14.3 Å². The van der Waals surface area contributed by atoms with E-state index in [4.69, 9.17) is 14.2 Å². The van der Waals surface area contributed by atoms with Crippen LogP contribution in [0.3, 0.4) is 0 Å². The fraction of sp³-hybridized carbons (Fsp3) is 0.308. The molecule has 264 valence electrons. The first-order valence-electron chi connectivity index (χ1n) is 16.5. The number of carbonyl (C=O) groups excluding carboxylic acids is 3. The standard InChI is InChI=1S/C39H40N4O8/c1-26(2)42(27(3)4)23-14-22-39(48)33(51-36(46)30-19-12-7-13-20-30)31(25-49-35(45)29-17-10-6-11-18-29)50-37(39)43-24-21-32(41-38(43)47)40-34(44)28-15-8-5-9-16-28/h5-13,15-21,24,26-27,31,33,37,48H,23,25H2,1-4H3,(H,40,41,44,47)/t31-,33?,37-,39+/m1/s1. The Bertz CT molecular complexity index is 1930. The number of nitrogens with one attached hydrogen (secondary N) is 1. The van der Waals surface area contributed by atoms with Crippen LogP contribution in [0.4, 0.5) is 5.82 Å². The van der Waals surface area contributed by atoms with Crippen LogP contribution in [0.5, 0.6) is 0 Å². The SMILES string of the molecule is CC(C)N(CC#C[C@]1(O)C(OC(=O)c2ccccc2)[C@@H](COC(=O)c2ccccc2)O[C@H]1n1ccc(NC(=O)c2ccccc2)nc1=O)C(C)C.